The maximum absolute atomic E-state index is 10.2. The van der Waals surface area contributed by atoms with Gasteiger partial charge in [0.2, 0.25) is 0 Å². The molecule has 1 heterocycles. The number of hydrogen-bond donors (Lipinski definition) is 2. The van der Waals surface area contributed by atoms with Crippen molar-refractivity contribution >= 4 is 0 Å². The van der Waals surface area contributed by atoms with Gasteiger partial charge in [0.05, 0.1) is 6.61 Å². The lowest BCUT2D eigenvalue weighted by molar-refractivity contribution is 0.182. The average Bonchev–Trinajstić information content (AvgIpc) is 2.44. The van der Waals surface area contributed by atoms with Crippen LogP contribution in [0.25, 0.3) is 0 Å². The first-order valence-electron chi connectivity index (χ1n) is 7.10. The fraction of sp³-hybridized carbons (Fsp3) is 0.600. The monoisotopic (exact) mass is 264 g/mol. The Labute approximate surface area is 115 Å². The predicted octanol–water partition coefficient (Wildman–Crippen LogP) is 1.63. The van der Waals surface area contributed by atoms with Crippen molar-refractivity contribution in [2.75, 3.05) is 32.8 Å². The van der Waals surface area contributed by atoms with E-state index in [-0.39, 0.29) is 0 Å². The van der Waals surface area contributed by atoms with Crippen LogP contribution in [0.3, 0.4) is 0 Å². The van der Waals surface area contributed by atoms with Gasteiger partial charge >= 0.3 is 0 Å². The summed E-state index contributed by atoms with van der Waals surface area (Å²) in [5.74, 6) is 0.888. The molecule has 0 saturated carbocycles. The van der Waals surface area contributed by atoms with Gasteiger partial charge in [0.1, 0.15) is 0 Å². The highest BCUT2D eigenvalue weighted by Crippen LogP contribution is 2.31. The Morgan fingerprint density at radius 2 is 2.11 bits per heavy atom. The Balaban J connectivity index is 2.03. The van der Waals surface area contributed by atoms with Crippen LogP contribution in [-0.2, 0) is 6.42 Å². The van der Waals surface area contributed by atoms with Gasteiger partial charge in [-0.25, -0.2) is 0 Å². The largest absolute Gasteiger partial charge is 0.504 e. The molecule has 0 bridgehead atoms. The van der Waals surface area contributed by atoms with E-state index in [1.54, 1.807) is 0 Å². The molecule has 0 radical (unpaired) electrons. The number of phenols is 1. The molecule has 19 heavy (non-hydrogen) atoms. The summed E-state index contributed by atoms with van der Waals surface area (Å²) in [6.45, 7) is 8.97. The molecule has 2 N–H and O–H groups in total. The van der Waals surface area contributed by atoms with Gasteiger partial charge in [0, 0.05) is 32.2 Å². The lowest BCUT2D eigenvalue weighted by atomic mass is 10.0. The minimum Gasteiger partial charge on any atom is -0.504 e. The van der Waals surface area contributed by atoms with Crippen molar-refractivity contribution in [3.05, 3.63) is 23.8 Å². The topological polar surface area (TPSA) is 44.7 Å². The standard InChI is InChI=1S/C15H24N2O2/c1-3-19-14-6-4-5-13(15(14)18)11-12(2)17-9-7-16-8-10-17/h4-6,12,16,18H,3,7-11H2,1-2H3. The van der Waals surface area contributed by atoms with Crippen molar-refractivity contribution < 1.29 is 9.84 Å². The molecule has 4 nitrogen and oxygen atoms in total. The van der Waals surface area contributed by atoms with E-state index in [1.807, 2.05) is 25.1 Å². The van der Waals surface area contributed by atoms with Crippen molar-refractivity contribution in [2.45, 2.75) is 26.3 Å². The second kappa shape index (κ2) is 6.78. The maximum atomic E-state index is 10.2. The first-order valence-corrected chi connectivity index (χ1v) is 7.10. The van der Waals surface area contributed by atoms with Crippen LogP contribution in [0.1, 0.15) is 19.4 Å². The number of ether oxygens (including phenoxy) is 1. The zero-order chi connectivity index (χ0) is 13.7. The van der Waals surface area contributed by atoms with Crippen molar-refractivity contribution in [3.63, 3.8) is 0 Å². The number of hydrogen-bond acceptors (Lipinski definition) is 4. The van der Waals surface area contributed by atoms with Crippen molar-refractivity contribution in [1.29, 1.82) is 0 Å². The van der Waals surface area contributed by atoms with Crippen LogP contribution in [0.5, 0.6) is 11.5 Å². The number of aromatic hydroxyl groups is 1. The second-order valence-corrected chi connectivity index (χ2v) is 5.04. The molecule has 1 aliphatic heterocycles. The molecule has 1 atom stereocenters. The highest BCUT2D eigenvalue weighted by molar-refractivity contribution is 5.45. The SMILES string of the molecule is CCOc1cccc(CC(C)N2CCNCC2)c1O. The molecule has 1 aromatic carbocycles. The molecule has 1 fully saturated rings. The highest BCUT2D eigenvalue weighted by Gasteiger charge is 2.18. The Bertz CT molecular complexity index is 403. The zero-order valence-corrected chi connectivity index (χ0v) is 11.9. The van der Waals surface area contributed by atoms with Crippen LogP contribution < -0.4 is 10.1 Å². The Hall–Kier alpha value is -1.26. The molecular weight excluding hydrogens is 240 g/mol. The van der Waals surface area contributed by atoms with Gasteiger partial charge in [0.15, 0.2) is 11.5 Å². The van der Waals surface area contributed by atoms with E-state index >= 15 is 0 Å². The maximum Gasteiger partial charge on any atom is 0.161 e. The summed E-state index contributed by atoms with van der Waals surface area (Å²) in [5.41, 5.74) is 0.969. The quantitative estimate of drug-likeness (QED) is 0.848. The van der Waals surface area contributed by atoms with Crippen LogP contribution in [0.15, 0.2) is 18.2 Å². The summed E-state index contributed by atoms with van der Waals surface area (Å²) < 4.78 is 5.43. The molecule has 0 aromatic heterocycles. The minimum absolute atomic E-state index is 0.298. The fourth-order valence-corrected chi connectivity index (χ4v) is 2.57. The van der Waals surface area contributed by atoms with E-state index in [0.717, 1.165) is 38.2 Å². The number of rotatable bonds is 5. The van der Waals surface area contributed by atoms with E-state index in [9.17, 15) is 5.11 Å². The second-order valence-electron chi connectivity index (χ2n) is 5.04. The summed E-state index contributed by atoms with van der Waals surface area (Å²) in [6.07, 6.45) is 0.854. The first-order chi connectivity index (χ1) is 9.22. The minimum atomic E-state index is 0.298. The Morgan fingerprint density at radius 3 is 2.79 bits per heavy atom. The number of para-hydroxylation sites is 1. The molecule has 0 spiro atoms. The third-order valence-corrected chi connectivity index (χ3v) is 3.67. The summed E-state index contributed by atoms with van der Waals surface area (Å²) in [5, 5.41) is 13.6. The average molecular weight is 264 g/mol. The number of nitrogens with one attached hydrogen (secondary N) is 1. The molecule has 0 aliphatic carbocycles. The summed E-state index contributed by atoms with van der Waals surface area (Å²) >= 11 is 0. The highest BCUT2D eigenvalue weighted by atomic mass is 16.5. The predicted molar refractivity (Wildman–Crippen MR) is 76.9 cm³/mol. The van der Waals surface area contributed by atoms with E-state index in [0.29, 0.717) is 24.1 Å². The molecule has 1 unspecified atom stereocenters. The van der Waals surface area contributed by atoms with Gasteiger partial charge in [0.25, 0.3) is 0 Å². The zero-order valence-electron chi connectivity index (χ0n) is 11.9. The number of benzene rings is 1. The molecule has 2 rings (SSSR count). The van der Waals surface area contributed by atoms with Crippen molar-refractivity contribution in [3.8, 4) is 11.5 Å². The summed E-state index contributed by atoms with van der Waals surface area (Å²) in [6, 6.07) is 6.18. The third kappa shape index (κ3) is 3.61. The number of phenolic OH excluding ortho intramolecular Hbond substituents is 1. The number of piperazine rings is 1. The number of nitrogens with zero attached hydrogens (tertiary/aromatic N) is 1. The summed E-state index contributed by atoms with van der Waals surface area (Å²) in [7, 11) is 0. The van der Waals surface area contributed by atoms with Gasteiger partial charge in [-0.15, -0.1) is 0 Å². The molecule has 1 saturated heterocycles. The molecule has 106 valence electrons. The molecule has 1 aliphatic rings. The smallest absolute Gasteiger partial charge is 0.161 e. The van der Waals surface area contributed by atoms with Gasteiger partial charge in [-0.3, -0.25) is 4.90 Å². The van der Waals surface area contributed by atoms with Crippen LogP contribution in [0, 0.1) is 0 Å². The van der Waals surface area contributed by atoms with E-state index < -0.39 is 0 Å². The van der Waals surface area contributed by atoms with Crippen molar-refractivity contribution in [2.24, 2.45) is 0 Å². The Morgan fingerprint density at radius 1 is 1.37 bits per heavy atom. The lowest BCUT2D eigenvalue weighted by Crippen LogP contribution is -2.48. The van der Waals surface area contributed by atoms with Crippen molar-refractivity contribution in [1.82, 2.24) is 10.2 Å². The summed E-state index contributed by atoms with van der Waals surface area (Å²) in [4.78, 5) is 2.46. The van der Waals surface area contributed by atoms with E-state index in [4.69, 9.17) is 4.74 Å². The van der Waals surface area contributed by atoms with Crippen LogP contribution in [0.4, 0.5) is 0 Å². The Kier molecular flexibility index (Phi) is 5.05. The van der Waals surface area contributed by atoms with Gasteiger partial charge in [-0.05, 0) is 31.9 Å². The molecule has 0 amide bonds. The molecular formula is C15H24N2O2. The van der Waals surface area contributed by atoms with Crippen LogP contribution in [-0.4, -0.2) is 48.8 Å². The molecule has 1 aromatic rings. The van der Waals surface area contributed by atoms with Crippen LogP contribution in [0.2, 0.25) is 0 Å². The van der Waals surface area contributed by atoms with E-state index in [1.165, 1.54) is 0 Å². The van der Waals surface area contributed by atoms with E-state index in [2.05, 4.69) is 17.1 Å². The van der Waals surface area contributed by atoms with Gasteiger partial charge in [-0.2, -0.15) is 0 Å². The third-order valence-electron chi connectivity index (χ3n) is 3.67. The lowest BCUT2D eigenvalue weighted by Gasteiger charge is -2.33. The van der Waals surface area contributed by atoms with Crippen LogP contribution >= 0.6 is 0 Å². The van der Waals surface area contributed by atoms with Gasteiger partial charge in [-0.1, -0.05) is 12.1 Å². The molecule has 4 heteroatoms. The first kappa shape index (κ1) is 14.2. The normalized spacial score (nSPS) is 18.2. The van der Waals surface area contributed by atoms with Gasteiger partial charge < -0.3 is 15.2 Å². The fourth-order valence-electron chi connectivity index (χ4n) is 2.57.